The fourth-order valence-corrected chi connectivity index (χ4v) is 5.17. The molecule has 2 atom stereocenters. The Labute approximate surface area is 173 Å². The summed E-state index contributed by atoms with van der Waals surface area (Å²) >= 11 is 0. The molecule has 28 heavy (non-hydrogen) atoms. The molecule has 2 unspecified atom stereocenters. The summed E-state index contributed by atoms with van der Waals surface area (Å²) in [5.41, 5.74) is 1.88. The average molecular weight is 387 g/mol. The third-order valence-electron chi connectivity index (χ3n) is 6.76. The van der Waals surface area contributed by atoms with Gasteiger partial charge in [0.1, 0.15) is 11.5 Å². The highest BCUT2D eigenvalue weighted by molar-refractivity contribution is 5.39. The van der Waals surface area contributed by atoms with E-state index in [1.807, 2.05) is 12.2 Å². The van der Waals surface area contributed by atoms with Crippen LogP contribution in [0.4, 0.5) is 0 Å². The highest BCUT2D eigenvalue weighted by atomic mass is 16.3. The Morgan fingerprint density at radius 1 is 0.821 bits per heavy atom. The fraction of sp³-hybridized carbons (Fsp3) is 0.692. The van der Waals surface area contributed by atoms with E-state index in [9.17, 15) is 10.2 Å². The molecule has 0 radical (unpaired) electrons. The summed E-state index contributed by atoms with van der Waals surface area (Å²) < 4.78 is 0. The van der Waals surface area contributed by atoms with Gasteiger partial charge in [-0.3, -0.25) is 0 Å². The highest BCUT2D eigenvalue weighted by Crippen LogP contribution is 2.55. The van der Waals surface area contributed by atoms with Gasteiger partial charge in [-0.1, -0.05) is 80.9 Å². The van der Waals surface area contributed by atoms with Gasteiger partial charge in [0.05, 0.1) is 0 Å². The molecule has 158 valence electrons. The molecule has 0 aliphatic heterocycles. The molecule has 2 rings (SSSR count). The van der Waals surface area contributed by atoms with Crippen LogP contribution in [0.1, 0.15) is 88.0 Å². The molecule has 0 saturated heterocycles. The van der Waals surface area contributed by atoms with E-state index < -0.39 is 0 Å². The van der Waals surface area contributed by atoms with Gasteiger partial charge in [0.25, 0.3) is 0 Å². The molecule has 0 aromatic carbocycles. The average Bonchev–Trinajstić information content (AvgIpc) is 2.55. The summed E-state index contributed by atoms with van der Waals surface area (Å²) in [6, 6.07) is 0. The second kappa shape index (κ2) is 7.43. The summed E-state index contributed by atoms with van der Waals surface area (Å²) in [6.07, 6.45) is 12.7. The molecular formula is C26H42O2. The van der Waals surface area contributed by atoms with Crippen molar-refractivity contribution in [1.29, 1.82) is 0 Å². The zero-order valence-electron chi connectivity index (χ0n) is 19.6. The van der Waals surface area contributed by atoms with Crippen molar-refractivity contribution < 1.29 is 10.2 Å². The number of aliphatic hydroxyl groups excluding tert-OH is 2. The van der Waals surface area contributed by atoms with E-state index in [2.05, 4.69) is 74.5 Å². The van der Waals surface area contributed by atoms with Crippen LogP contribution < -0.4 is 0 Å². The van der Waals surface area contributed by atoms with E-state index in [0.29, 0.717) is 17.4 Å². The molecule has 0 heterocycles. The smallest absolute Gasteiger partial charge is 0.115 e. The topological polar surface area (TPSA) is 40.5 Å². The van der Waals surface area contributed by atoms with Crippen LogP contribution in [-0.2, 0) is 0 Å². The summed E-state index contributed by atoms with van der Waals surface area (Å²) in [5.74, 6) is 1.31. The van der Waals surface area contributed by atoms with Gasteiger partial charge in [-0.05, 0) is 70.1 Å². The summed E-state index contributed by atoms with van der Waals surface area (Å²) in [5, 5.41) is 21.1. The van der Waals surface area contributed by atoms with E-state index in [-0.39, 0.29) is 21.7 Å². The second-order valence-corrected chi connectivity index (χ2v) is 11.6. The first kappa shape index (κ1) is 22.8. The Hall–Kier alpha value is -1.44. The van der Waals surface area contributed by atoms with E-state index in [0.717, 1.165) is 36.8 Å². The largest absolute Gasteiger partial charge is 0.508 e. The molecule has 0 fully saturated rings. The standard InChI is InChI=1S/C26H42O2/c1-10-11-22(25(8)14-12-20(27)18(16-25)23(2,3)4)26(9)15-13-21(28)19(17-26)24(5,6)7/h12-13,16-17,22,27-28H,10-11,14-15H2,1-9H3. The minimum Gasteiger partial charge on any atom is -0.508 e. The van der Waals surface area contributed by atoms with Crippen LogP contribution in [0.15, 0.2) is 47.0 Å². The van der Waals surface area contributed by atoms with Crippen molar-refractivity contribution in [3.63, 3.8) is 0 Å². The number of allylic oxidation sites excluding steroid dienone is 6. The van der Waals surface area contributed by atoms with Gasteiger partial charge < -0.3 is 10.2 Å². The van der Waals surface area contributed by atoms with Crippen molar-refractivity contribution in [3.05, 3.63) is 47.0 Å². The molecule has 2 aliphatic rings. The molecule has 2 aliphatic carbocycles. The van der Waals surface area contributed by atoms with Crippen molar-refractivity contribution in [2.75, 3.05) is 0 Å². The van der Waals surface area contributed by atoms with Crippen molar-refractivity contribution >= 4 is 0 Å². The Kier molecular flexibility index (Phi) is 6.06. The summed E-state index contributed by atoms with van der Waals surface area (Å²) in [7, 11) is 0. The van der Waals surface area contributed by atoms with Gasteiger partial charge in [0.15, 0.2) is 0 Å². The third kappa shape index (κ3) is 4.42. The summed E-state index contributed by atoms with van der Waals surface area (Å²) in [4.78, 5) is 0. The number of aliphatic hydroxyl groups is 2. The molecule has 0 saturated carbocycles. The predicted octanol–water partition coefficient (Wildman–Crippen LogP) is 8.05. The van der Waals surface area contributed by atoms with Gasteiger partial charge in [-0.15, -0.1) is 0 Å². The minimum absolute atomic E-state index is 0.0279. The highest BCUT2D eigenvalue weighted by Gasteiger charge is 2.46. The zero-order valence-corrected chi connectivity index (χ0v) is 19.6. The lowest BCUT2D eigenvalue weighted by Crippen LogP contribution is -2.41. The quantitative estimate of drug-likeness (QED) is 0.513. The molecule has 0 spiro atoms. The molecule has 2 heteroatoms. The predicted molar refractivity (Wildman–Crippen MR) is 120 cm³/mol. The van der Waals surface area contributed by atoms with Crippen LogP contribution in [-0.4, -0.2) is 10.2 Å². The Morgan fingerprint density at radius 3 is 1.46 bits per heavy atom. The van der Waals surface area contributed by atoms with Crippen LogP contribution in [0.5, 0.6) is 0 Å². The van der Waals surface area contributed by atoms with Gasteiger partial charge in [-0.2, -0.15) is 0 Å². The molecule has 2 nitrogen and oxygen atoms in total. The maximum absolute atomic E-state index is 10.5. The lowest BCUT2D eigenvalue weighted by Gasteiger charge is -2.49. The lowest BCUT2D eigenvalue weighted by atomic mass is 9.55. The normalized spacial score (nSPS) is 30.2. The SMILES string of the molecule is CCCC(C1(C)C=C(C(C)(C)C)C(O)=CC1)C1(C)C=C(C(C)(C)C)C(O)=CC1. The van der Waals surface area contributed by atoms with Crippen LogP contribution >= 0.6 is 0 Å². The maximum atomic E-state index is 10.5. The molecule has 0 aromatic heterocycles. The molecule has 0 aromatic rings. The zero-order chi connectivity index (χ0) is 21.5. The Bertz CT molecular complexity index is 661. The molecular weight excluding hydrogens is 344 g/mol. The first-order chi connectivity index (χ1) is 12.6. The Balaban J connectivity index is 2.57. The number of rotatable bonds is 4. The first-order valence-electron chi connectivity index (χ1n) is 10.9. The van der Waals surface area contributed by atoms with Crippen molar-refractivity contribution in [2.45, 2.75) is 88.0 Å². The third-order valence-corrected chi connectivity index (χ3v) is 6.76. The van der Waals surface area contributed by atoms with Gasteiger partial charge in [0.2, 0.25) is 0 Å². The van der Waals surface area contributed by atoms with Gasteiger partial charge in [-0.25, -0.2) is 0 Å². The lowest BCUT2D eigenvalue weighted by molar-refractivity contribution is 0.102. The van der Waals surface area contributed by atoms with E-state index >= 15 is 0 Å². The van der Waals surface area contributed by atoms with Crippen LogP contribution in [0, 0.1) is 27.6 Å². The van der Waals surface area contributed by atoms with E-state index in [1.165, 1.54) is 0 Å². The fourth-order valence-electron chi connectivity index (χ4n) is 5.17. The van der Waals surface area contributed by atoms with Crippen LogP contribution in [0.3, 0.4) is 0 Å². The van der Waals surface area contributed by atoms with E-state index in [4.69, 9.17) is 0 Å². The Morgan fingerprint density at radius 2 is 1.18 bits per heavy atom. The minimum atomic E-state index is -0.0862. The van der Waals surface area contributed by atoms with E-state index in [1.54, 1.807) is 0 Å². The monoisotopic (exact) mass is 386 g/mol. The second-order valence-electron chi connectivity index (χ2n) is 11.6. The number of hydrogen-bond acceptors (Lipinski definition) is 2. The van der Waals surface area contributed by atoms with Gasteiger partial charge >= 0.3 is 0 Å². The van der Waals surface area contributed by atoms with Crippen LogP contribution in [0.25, 0.3) is 0 Å². The van der Waals surface area contributed by atoms with Crippen LogP contribution in [0.2, 0.25) is 0 Å². The first-order valence-corrected chi connectivity index (χ1v) is 10.9. The maximum Gasteiger partial charge on any atom is 0.115 e. The van der Waals surface area contributed by atoms with Crippen molar-refractivity contribution in [3.8, 4) is 0 Å². The molecule has 0 bridgehead atoms. The molecule has 2 N–H and O–H groups in total. The van der Waals surface area contributed by atoms with Crippen molar-refractivity contribution in [1.82, 2.24) is 0 Å². The molecule has 0 amide bonds. The van der Waals surface area contributed by atoms with Gasteiger partial charge in [0, 0.05) is 0 Å². The summed E-state index contributed by atoms with van der Waals surface area (Å²) in [6.45, 7) is 20.0. The number of hydrogen-bond donors (Lipinski definition) is 2. The van der Waals surface area contributed by atoms with Crippen molar-refractivity contribution in [2.24, 2.45) is 27.6 Å².